The first-order chi connectivity index (χ1) is 14.0. The van der Waals surface area contributed by atoms with Crippen LogP contribution in [-0.2, 0) is 20.9 Å². The van der Waals surface area contributed by atoms with E-state index in [2.05, 4.69) is 34.5 Å². The highest BCUT2D eigenvalue weighted by atomic mass is 16.5. The molecule has 1 heterocycles. The van der Waals surface area contributed by atoms with Gasteiger partial charge in [-0.2, -0.15) is 0 Å². The van der Waals surface area contributed by atoms with E-state index in [4.69, 9.17) is 4.74 Å². The zero-order valence-electron chi connectivity index (χ0n) is 17.6. The number of benzene rings is 2. The highest BCUT2D eigenvalue weighted by Gasteiger charge is 2.33. The molecule has 0 aliphatic carbocycles. The van der Waals surface area contributed by atoms with Crippen LogP contribution in [0.5, 0.6) is 0 Å². The maximum absolute atomic E-state index is 13.0. The summed E-state index contributed by atoms with van der Waals surface area (Å²) in [6, 6.07) is 14.1. The minimum absolute atomic E-state index is 0.0120. The molecular formula is C23H31N3O3. The largest absolute Gasteiger partial charge is 0.383 e. The van der Waals surface area contributed by atoms with Crippen LogP contribution in [0.25, 0.3) is 10.8 Å². The molecule has 156 valence electrons. The summed E-state index contributed by atoms with van der Waals surface area (Å²) in [4.78, 5) is 29.6. The molecule has 3 rings (SSSR count). The van der Waals surface area contributed by atoms with Gasteiger partial charge in [0.1, 0.15) is 0 Å². The van der Waals surface area contributed by atoms with Gasteiger partial charge in [0.2, 0.25) is 11.8 Å². The van der Waals surface area contributed by atoms with Crippen LogP contribution in [-0.4, -0.2) is 67.0 Å². The Morgan fingerprint density at radius 3 is 2.76 bits per heavy atom. The summed E-state index contributed by atoms with van der Waals surface area (Å²) in [5.41, 5.74) is 1.18. The van der Waals surface area contributed by atoms with Crippen LogP contribution >= 0.6 is 0 Å². The van der Waals surface area contributed by atoms with E-state index in [-0.39, 0.29) is 24.3 Å². The highest BCUT2D eigenvalue weighted by Crippen LogP contribution is 2.22. The lowest BCUT2D eigenvalue weighted by Crippen LogP contribution is -2.56. The third-order valence-corrected chi connectivity index (χ3v) is 5.54. The van der Waals surface area contributed by atoms with Crippen molar-refractivity contribution < 1.29 is 14.3 Å². The van der Waals surface area contributed by atoms with Crippen LogP contribution in [0.3, 0.4) is 0 Å². The minimum Gasteiger partial charge on any atom is -0.383 e. The molecule has 0 aromatic heterocycles. The second-order valence-corrected chi connectivity index (χ2v) is 7.79. The molecule has 0 bridgehead atoms. The first-order valence-corrected chi connectivity index (χ1v) is 10.3. The fraction of sp³-hybridized carbons (Fsp3) is 0.478. The van der Waals surface area contributed by atoms with Crippen molar-refractivity contribution in [3.8, 4) is 0 Å². The van der Waals surface area contributed by atoms with Crippen molar-refractivity contribution >= 4 is 22.6 Å². The van der Waals surface area contributed by atoms with E-state index < -0.39 is 6.04 Å². The molecule has 2 amide bonds. The summed E-state index contributed by atoms with van der Waals surface area (Å²) >= 11 is 0. The third kappa shape index (κ3) is 5.14. The number of fused-ring (bicyclic) bond motifs is 1. The zero-order chi connectivity index (χ0) is 20.8. The van der Waals surface area contributed by atoms with Gasteiger partial charge in [-0.25, -0.2) is 0 Å². The zero-order valence-corrected chi connectivity index (χ0v) is 17.6. The molecule has 1 aliphatic rings. The minimum atomic E-state index is -0.459. The van der Waals surface area contributed by atoms with Crippen molar-refractivity contribution in [1.29, 1.82) is 0 Å². The molecule has 1 atom stereocenters. The Kier molecular flexibility index (Phi) is 7.23. The van der Waals surface area contributed by atoms with Gasteiger partial charge in [-0.3, -0.25) is 14.5 Å². The normalized spacial score (nSPS) is 17.5. The Morgan fingerprint density at radius 1 is 1.24 bits per heavy atom. The van der Waals surface area contributed by atoms with E-state index >= 15 is 0 Å². The quantitative estimate of drug-likeness (QED) is 0.743. The van der Waals surface area contributed by atoms with E-state index in [1.165, 1.54) is 16.3 Å². The monoisotopic (exact) mass is 397 g/mol. The topological polar surface area (TPSA) is 61.9 Å². The average molecular weight is 398 g/mol. The predicted molar refractivity (Wildman–Crippen MR) is 114 cm³/mol. The maximum Gasteiger partial charge on any atom is 0.237 e. The molecule has 2 aromatic rings. The van der Waals surface area contributed by atoms with E-state index in [1.807, 2.05) is 32.0 Å². The third-order valence-electron chi connectivity index (χ3n) is 5.54. The maximum atomic E-state index is 13.0. The lowest BCUT2D eigenvalue weighted by Gasteiger charge is -2.36. The van der Waals surface area contributed by atoms with Gasteiger partial charge < -0.3 is 15.0 Å². The van der Waals surface area contributed by atoms with Gasteiger partial charge in [0.25, 0.3) is 0 Å². The molecule has 6 heteroatoms. The van der Waals surface area contributed by atoms with Crippen molar-refractivity contribution in [1.82, 2.24) is 15.1 Å². The number of nitrogens with one attached hydrogen (secondary N) is 1. The second-order valence-electron chi connectivity index (χ2n) is 7.79. The van der Waals surface area contributed by atoms with Crippen molar-refractivity contribution in [3.05, 3.63) is 48.0 Å². The van der Waals surface area contributed by atoms with Gasteiger partial charge >= 0.3 is 0 Å². The number of carbonyl (C=O) groups is 2. The molecule has 6 nitrogen and oxygen atoms in total. The summed E-state index contributed by atoms with van der Waals surface area (Å²) in [5.74, 6) is -0.0812. The number of ether oxygens (including phenoxy) is 1. The van der Waals surface area contributed by atoms with E-state index in [1.54, 1.807) is 12.0 Å². The molecule has 1 aliphatic heterocycles. The van der Waals surface area contributed by atoms with Crippen LogP contribution in [0.1, 0.15) is 25.8 Å². The molecule has 29 heavy (non-hydrogen) atoms. The number of rotatable bonds is 8. The van der Waals surface area contributed by atoms with Crippen molar-refractivity contribution in [2.45, 2.75) is 38.9 Å². The SMILES string of the molecule is COCCN(C(=O)CC1C(=O)NCCN1Cc1cccc2ccccc12)C(C)C. The highest BCUT2D eigenvalue weighted by molar-refractivity contribution is 5.89. The molecule has 1 fully saturated rings. The smallest absolute Gasteiger partial charge is 0.237 e. The van der Waals surface area contributed by atoms with Gasteiger partial charge in [-0.05, 0) is 30.2 Å². The molecule has 0 spiro atoms. The Morgan fingerprint density at radius 2 is 2.00 bits per heavy atom. The van der Waals surface area contributed by atoms with Gasteiger partial charge in [-0.15, -0.1) is 0 Å². The van der Waals surface area contributed by atoms with Crippen molar-refractivity contribution in [2.24, 2.45) is 0 Å². The number of hydrogen-bond acceptors (Lipinski definition) is 4. The Bertz CT molecular complexity index is 847. The number of carbonyl (C=O) groups excluding carboxylic acids is 2. The molecule has 0 radical (unpaired) electrons. The van der Waals surface area contributed by atoms with E-state index in [0.717, 1.165) is 6.54 Å². The van der Waals surface area contributed by atoms with Gasteiger partial charge in [0.15, 0.2) is 0 Å². The van der Waals surface area contributed by atoms with Crippen LogP contribution < -0.4 is 5.32 Å². The molecule has 1 saturated heterocycles. The van der Waals surface area contributed by atoms with Crippen LogP contribution in [0.4, 0.5) is 0 Å². The molecule has 2 aromatic carbocycles. The van der Waals surface area contributed by atoms with E-state index in [9.17, 15) is 9.59 Å². The molecular weight excluding hydrogens is 366 g/mol. The van der Waals surface area contributed by atoms with Crippen LogP contribution in [0.2, 0.25) is 0 Å². The number of methoxy groups -OCH3 is 1. The molecule has 1 unspecified atom stereocenters. The van der Waals surface area contributed by atoms with Crippen LogP contribution in [0.15, 0.2) is 42.5 Å². The van der Waals surface area contributed by atoms with Gasteiger partial charge in [0.05, 0.1) is 19.1 Å². The summed E-state index contributed by atoms with van der Waals surface area (Å²) in [6.45, 7) is 6.97. The lowest BCUT2D eigenvalue weighted by atomic mass is 10.0. The Labute approximate surface area is 172 Å². The number of amides is 2. The van der Waals surface area contributed by atoms with Gasteiger partial charge in [0, 0.05) is 39.3 Å². The van der Waals surface area contributed by atoms with Crippen molar-refractivity contribution in [3.63, 3.8) is 0 Å². The second kappa shape index (κ2) is 9.85. The first kappa shape index (κ1) is 21.3. The average Bonchev–Trinajstić information content (AvgIpc) is 2.71. The lowest BCUT2D eigenvalue weighted by molar-refractivity contribution is -0.140. The standard InChI is InChI=1S/C23H31N3O3/c1-17(2)26(13-14-29-3)22(27)15-21-23(28)24-11-12-25(21)16-19-9-6-8-18-7-4-5-10-20(18)19/h4-10,17,21H,11-16H2,1-3H3,(H,24,28). The predicted octanol–water partition coefficient (Wildman–Crippen LogP) is 2.41. The number of piperazine rings is 1. The molecule has 1 N–H and O–H groups in total. The summed E-state index contributed by atoms with van der Waals surface area (Å²) in [7, 11) is 1.63. The summed E-state index contributed by atoms with van der Waals surface area (Å²) in [6.07, 6.45) is 0.179. The fourth-order valence-electron chi connectivity index (χ4n) is 3.97. The van der Waals surface area contributed by atoms with E-state index in [0.29, 0.717) is 26.2 Å². The summed E-state index contributed by atoms with van der Waals surface area (Å²) in [5, 5.41) is 5.30. The van der Waals surface area contributed by atoms with Gasteiger partial charge in [-0.1, -0.05) is 42.5 Å². The fourth-order valence-corrected chi connectivity index (χ4v) is 3.97. The Hall–Kier alpha value is -2.44. The van der Waals surface area contributed by atoms with Crippen molar-refractivity contribution in [2.75, 3.05) is 33.4 Å². The number of hydrogen-bond donors (Lipinski definition) is 1. The first-order valence-electron chi connectivity index (χ1n) is 10.3. The number of nitrogens with zero attached hydrogens (tertiary/aromatic N) is 2. The Balaban J connectivity index is 1.78. The van der Waals surface area contributed by atoms with Crippen LogP contribution in [0, 0.1) is 0 Å². The molecule has 0 saturated carbocycles. The summed E-state index contributed by atoms with van der Waals surface area (Å²) < 4.78 is 5.14.